The fourth-order valence-corrected chi connectivity index (χ4v) is 4.29. The molecule has 0 aromatic heterocycles. The van der Waals surface area contributed by atoms with Crippen molar-refractivity contribution in [1.82, 2.24) is 10.2 Å². The highest BCUT2D eigenvalue weighted by Gasteiger charge is 2.32. The first-order valence-electron chi connectivity index (χ1n) is 12.4. The lowest BCUT2D eigenvalue weighted by Gasteiger charge is -2.33. The molecule has 0 aliphatic carbocycles. The van der Waals surface area contributed by atoms with Gasteiger partial charge < -0.3 is 19.7 Å². The monoisotopic (exact) mass is 587 g/mol. The summed E-state index contributed by atoms with van der Waals surface area (Å²) in [6.45, 7) is 5.20. The van der Waals surface area contributed by atoms with E-state index >= 15 is 0 Å². The molecule has 3 aromatic carbocycles. The largest absolute Gasteiger partial charge is 0.490 e. The number of benzene rings is 3. The number of carbonyl (C=O) groups excluding carboxylic acids is 2. The van der Waals surface area contributed by atoms with Gasteiger partial charge in [-0.2, -0.15) is 0 Å². The molecule has 0 spiro atoms. The van der Waals surface area contributed by atoms with E-state index in [9.17, 15) is 19.7 Å². The van der Waals surface area contributed by atoms with Crippen LogP contribution in [0.3, 0.4) is 0 Å². The Kier molecular flexibility index (Phi) is 10.4. The summed E-state index contributed by atoms with van der Waals surface area (Å²) in [6.07, 6.45) is 0.251. The van der Waals surface area contributed by atoms with Crippen molar-refractivity contribution < 1.29 is 24.0 Å². The summed E-state index contributed by atoms with van der Waals surface area (Å²) in [5.74, 6) is -0.617. The van der Waals surface area contributed by atoms with Crippen LogP contribution in [0, 0.1) is 10.1 Å². The van der Waals surface area contributed by atoms with Gasteiger partial charge in [0.15, 0.2) is 6.61 Å². The molecule has 3 aromatic rings. The topological polar surface area (TPSA) is 111 Å². The molecular formula is C29H31Cl2N3O6. The van der Waals surface area contributed by atoms with E-state index in [2.05, 4.69) is 5.32 Å². The third kappa shape index (κ3) is 8.59. The maximum absolute atomic E-state index is 13.7. The van der Waals surface area contributed by atoms with Crippen molar-refractivity contribution in [1.29, 1.82) is 0 Å². The van der Waals surface area contributed by atoms with Crippen molar-refractivity contribution in [3.63, 3.8) is 0 Å². The quantitative estimate of drug-likeness (QED) is 0.223. The zero-order valence-electron chi connectivity index (χ0n) is 22.6. The Balaban J connectivity index is 1.96. The van der Waals surface area contributed by atoms with Gasteiger partial charge >= 0.3 is 5.69 Å². The number of nitro groups is 1. The minimum Gasteiger partial charge on any atom is -0.490 e. The number of nitrogens with zero attached hydrogens (tertiary/aromatic N) is 2. The standard InChI is InChI=1S/C29H31Cl2N3O6/c1-29(2,3)32-28(36)25(15-19-8-6-5-7-9-19)33(17-20-10-12-22(30)23(31)14-20)27(35)18-40-21-11-13-24(34(37)38)26(16-21)39-4/h5-14,16,25H,15,17-18H2,1-4H3,(H,32,36). The Bertz CT molecular complexity index is 1360. The summed E-state index contributed by atoms with van der Waals surface area (Å²) < 4.78 is 10.8. The number of amides is 2. The number of methoxy groups -OCH3 is 1. The van der Waals surface area contributed by atoms with E-state index in [-0.39, 0.29) is 36.1 Å². The number of hydrogen-bond donors (Lipinski definition) is 1. The molecule has 0 aliphatic heterocycles. The number of halogens is 2. The lowest BCUT2D eigenvalue weighted by Crippen LogP contribution is -2.55. The summed E-state index contributed by atoms with van der Waals surface area (Å²) in [6, 6.07) is 17.5. The molecule has 9 nitrogen and oxygen atoms in total. The van der Waals surface area contributed by atoms with Crippen LogP contribution in [-0.4, -0.2) is 46.9 Å². The number of nitrogens with one attached hydrogen (secondary N) is 1. The van der Waals surface area contributed by atoms with Gasteiger partial charge in [0.05, 0.1) is 22.1 Å². The second kappa shape index (κ2) is 13.5. The lowest BCUT2D eigenvalue weighted by molar-refractivity contribution is -0.385. The number of ether oxygens (including phenoxy) is 2. The fraction of sp³-hybridized carbons (Fsp3) is 0.310. The smallest absolute Gasteiger partial charge is 0.311 e. The minimum absolute atomic E-state index is 0.00544. The molecule has 0 aliphatic rings. The SMILES string of the molecule is COc1cc(OCC(=O)N(Cc2ccc(Cl)c(Cl)c2)C(Cc2ccccc2)C(=O)NC(C)(C)C)ccc1[N+](=O)[O-]. The lowest BCUT2D eigenvalue weighted by atomic mass is 10.0. The highest BCUT2D eigenvalue weighted by atomic mass is 35.5. The van der Waals surface area contributed by atoms with Crippen molar-refractivity contribution in [2.75, 3.05) is 13.7 Å². The van der Waals surface area contributed by atoms with Crippen LogP contribution in [0.1, 0.15) is 31.9 Å². The number of rotatable bonds is 11. The average Bonchev–Trinajstić information content (AvgIpc) is 2.90. The van der Waals surface area contributed by atoms with Crippen LogP contribution in [0.5, 0.6) is 11.5 Å². The fourth-order valence-electron chi connectivity index (χ4n) is 3.97. The molecule has 0 saturated heterocycles. The first-order valence-corrected chi connectivity index (χ1v) is 13.2. The van der Waals surface area contributed by atoms with Crippen LogP contribution in [0.2, 0.25) is 10.0 Å². The summed E-state index contributed by atoms with van der Waals surface area (Å²) in [7, 11) is 1.30. The summed E-state index contributed by atoms with van der Waals surface area (Å²) in [5, 5.41) is 14.9. The van der Waals surface area contributed by atoms with Gasteiger partial charge in [-0.05, 0) is 50.1 Å². The van der Waals surface area contributed by atoms with Crippen molar-refractivity contribution in [3.05, 3.63) is 98.0 Å². The second-order valence-corrected chi connectivity index (χ2v) is 10.9. The van der Waals surface area contributed by atoms with E-state index in [1.165, 1.54) is 30.2 Å². The highest BCUT2D eigenvalue weighted by Crippen LogP contribution is 2.31. The molecule has 3 rings (SSSR count). The van der Waals surface area contributed by atoms with Gasteiger partial charge in [0, 0.05) is 30.6 Å². The molecule has 11 heteroatoms. The molecule has 212 valence electrons. The van der Waals surface area contributed by atoms with Crippen LogP contribution in [0.15, 0.2) is 66.7 Å². The molecule has 0 heterocycles. The molecule has 1 N–H and O–H groups in total. The zero-order chi connectivity index (χ0) is 29.4. The molecule has 0 bridgehead atoms. The molecule has 40 heavy (non-hydrogen) atoms. The van der Waals surface area contributed by atoms with Crippen LogP contribution < -0.4 is 14.8 Å². The van der Waals surface area contributed by atoms with Crippen molar-refractivity contribution in [2.24, 2.45) is 0 Å². The highest BCUT2D eigenvalue weighted by molar-refractivity contribution is 6.42. The van der Waals surface area contributed by atoms with E-state index in [0.717, 1.165) is 5.56 Å². The second-order valence-electron chi connectivity index (χ2n) is 10.1. The van der Waals surface area contributed by atoms with Gasteiger partial charge in [-0.1, -0.05) is 59.6 Å². The van der Waals surface area contributed by atoms with Gasteiger partial charge in [0.2, 0.25) is 11.7 Å². The third-order valence-corrected chi connectivity index (χ3v) is 6.56. The Labute approximate surface area is 243 Å². The maximum Gasteiger partial charge on any atom is 0.311 e. The first-order chi connectivity index (χ1) is 18.9. The number of carbonyl (C=O) groups is 2. The minimum atomic E-state index is -0.890. The summed E-state index contributed by atoms with van der Waals surface area (Å²) >= 11 is 12.3. The predicted molar refractivity (Wildman–Crippen MR) is 154 cm³/mol. The molecule has 1 atom stereocenters. The zero-order valence-corrected chi connectivity index (χ0v) is 24.2. The number of hydrogen-bond acceptors (Lipinski definition) is 6. The van der Waals surface area contributed by atoms with Crippen LogP contribution in [-0.2, 0) is 22.6 Å². The Morgan fingerprint density at radius 3 is 2.30 bits per heavy atom. The molecular weight excluding hydrogens is 557 g/mol. The Morgan fingerprint density at radius 2 is 1.70 bits per heavy atom. The Morgan fingerprint density at radius 1 is 1.00 bits per heavy atom. The predicted octanol–water partition coefficient (Wildman–Crippen LogP) is 5.84. The van der Waals surface area contributed by atoms with Crippen molar-refractivity contribution >= 4 is 40.7 Å². The van der Waals surface area contributed by atoms with Gasteiger partial charge in [0.25, 0.3) is 5.91 Å². The van der Waals surface area contributed by atoms with Crippen LogP contribution in [0.4, 0.5) is 5.69 Å². The van der Waals surface area contributed by atoms with Gasteiger partial charge in [-0.3, -0.25) is 19.7 Å². The molecule has 0 fully saturated rings. The van der Waals surface area contributed by atoms with E-state index in [1.54, 1.807) is 18.2 Å². The van der Waals surface area contributed by atoms with Crippen LogP contribution >= 0.6 is 23.2 Å². The molecule has 1 unspecified atom stereocenters. The van der Waals surface area contributed by atoms with Gasteiger partial charge in [-0.15, -0.1) is 0 Å². The van der Waals surface area contributed by atoms with E-state index in [4.69, 9.17) is 32.7 Å². The van der Waals surface area contributed by atoms with Crippen LogP contribution in [0.25, 0.3) is 0 Å². The van der Waals surface area contributed by atoms with Crippen molar-refractivity contribution in [2.45, 2.75) is 45.3 Å². The van der Waals surface area contributed by atoms with Gasteiger partial charge in [-0.25, -0.2) is 0 Å². The Hall–Kier alpha value is -3.82. The van der Waals surface area contributed by atoms with E-state index < -0.39 is 29.0 Å². The molecule has 0 radical (unpaired) electrons. The number of nitro benzene ring substituents is 1. The normalized spacial score (nSPS) is 11.8. The third-order valence-electron chi connectivity index (χ3n) is 5.82. The average molecular weight is 588 g/mol. The maximum atomic E-state index is 13.7. The molecule has 2 amide bonds. The first kappa shape index (κ1) is 30.7. The summed E-state index contributed by atoms with van der Waals surface area (Å²) in [4.78, 5) is 39.4. The van der Waals surface area contributed by atoms with Gasteiger partial charge in [0.1, 0.15) is 11.8 Å². The summed E-state index contributed by atoms with van der Waals surface area (Å²) in [5.41, 5.74) is 0.756. The van der Waals surface area contributed by atoms with Crippen molar-refractivity contribution in [3.8, 4) is 11.5 Å². The van der Waals surface area contributed by atoms with E-state index in [0.29, 0.717) is 15.6 Å². The molecule has 0 saturated carbocycles. The van der Waals surface area contributed by atoms with E-state index in [1.807, 2.05) is 51.1 Å².